The fourth-order valence-corrected chi connectivity index (χ4v) is 1.66. The van der Waals surface area contributed by atoms with E-state index >= 15 is 0 Å². The highest BCUT2D eigenvalue weighted by atomic mass is 19.1. The highest BCUT2D eigenvalue weighted by molar-refractivity contribution is 5.27. The maximum atomic E-state index is 13.4. The Morgan fingerprint density at radius 3 is 2.73 bits per heavy atom. The smallest absolute Gasteiger partial charge is 0.131 e. The van der Waals surface area contributed by atoms with Crippen molar-refractivity contribution in [1.29, 1.82) is 0 Å². The van der Waals surface area contributed by atoms with Crippen molar-refractivity contribution in [3.05, 3.63) is 29.6 Å². The number of morpholine rings is 1. The van der Waals surface area contributed by atoms with Crippen molar-refractivity contribution in [3.63, 3.8) is 0 Å². The Kier molecular flexibility index (Phi) is 3.18. The summed E-state index contributed by atoms with van der Waals surface area (Å²) in [6.45, 7) is 3.66. The number of ether oxygens (including phenoxy) is 1. The Morgan fingerprint density at radius 1 is 1.33 bits per heavy atom. The lowest BCUT2D eigenvalue weighted by atomic mass is 10.2. The average molecular weight is 211 g/mol. The number of hydrogen-bond acceptors (Lipinski definition) is 3. The Labute approximate surface area is 88.1 Å². The van der Waals surface area contributed by atoms with Gasteiger partial charge in [-0.05, 0) is 6.07 Å². The van der Waals surface area contributed by atoms with Gasteiger partial charge in [0.15, 0.2) is 0 Å². The molecule has 15 heavy (non-hydrogen) atoms. The molecule has 0 atom stereocenters. The van der Waals surface area contributed by atoms with Crippen LogP contribution >= 0.6 is 0 Å². The molecule has 1 fully saturated rings. The molecule has 1 heterocycles. The molecule has 0 amide bonds. The maximum absolute atomic E-state index is 13.4. The van der Waals surface area contributed by atoms with E-state index in [2.05, 4.69) is 4.90 Å². The van der Waals surface area contributed by atoms with Crippen LogP contribution in [0.4, 0.5) is 4.39 Å². The summed E-state index contributed by atoms with van der Waals surface area (Å²) in [7, 11) is 0. The van der Waals surface area contributed by atoms with Gasteiger partial charge in [0.1, 0.15) is 11.6 Å². The van der Waals surface area contributed by atoms with Gasteiger partial charge >= 0.3 is 0 Å². The number of benzene rings is 1. The van der Waals surface area contributed by atoms with E-state index in [0.29, 0.717) is 25.3 Å². The monoisotopic (exact) mass is 211 g/mol. The van der Waals surface area contributed by atoms with Crippen molar-refractivity contribution in [2.45, 2.75) is 6.54 Å². The van der Waals surface area contributed by atoms with Gasteiger partial charge in [-0.3, -0.25) is 4.90 Å². The summed E-state index contributed by atoms with van der Waals surface area (Å²) in [6, 6.07) is 4.29. The molecular formula is C11H14FNO2. The van der Waals surface area contributed by atoms with Crippen LogP contribution in [0.5, 0.6) is 5.75 Å². The fraction of sp³-hybridized carbons (Fsp3) is 0.455. The Hall–Kier alpha value is -1.13. The summed E-state index contributed by atoms with van der Waals surface area (Å²) in [5.41, 5.74) is 0.620. The topological polar surface area (TPSA) is 32.7 Å². The first kappa shape index (κ1) is 10.4. The van der Waals surface area contributed by atoms with Crippen molar-refractivity contribution in [3.8, 4) is 5.75 Å². The standard InChI is InChI=1S/C11H14FNO2/c12-11-7-10(14)2-1-9(11)8-13-3-5-15-6-4-13/h1-2,7,14H,3-6,8H2. The summed E-state index contributed by atoms with van der Waals surface area (Å²) >= 11 is 0. The minimum absolute atomic E-state index is 0.0294. The largest absolute Gasteiger partial charge is 0.508 e. The zero-order chi connectivity index (χ0) is 10.7. The van der Waals surface area contributed by atoms with Crippen LogP contribution in [0.2, 0.25) is 0 Å². The van der Waals surface area contributed by atoms with Gasteiger partial charge in [-0.15, -0.1) is 0 Å². The first-order valence-corrected chi connectivity index (χ1v) is 5.03. The van der Waals surface area contributed by atoms with Gasteiger partial charge in [0.25, 0.3) is 0 Å². The fourth-order valence-electron chi connectivity index (χ4n) is 1.66. The molecule has 3 nitrogen and oxygen atoms in total. The van der Waals surface area contributed by atoms with Crippen LogP contribution in [0.15, 0.2) is 18.2 Å². The molecule has 4 heteroatoms. The van der Waals surface area contributed by atoms with Gasteiger partial charge in [0.05, 0.1) is 13.2 Å². The summed E-state index contributed by atoms with van der Waals surface area (Å²) < 4.78 is 18.6. The molecule has 0 unspecified atom stereocenters. The average Bonchev–Trinajstić information content (AvgIpc) is 2.24. The molecule has 1 aromatic carbocycles. The van der Waals surface area contributed by atoms with E-state index in [1.165, 1.54) is 6.07 Å². The second kappa shape index (κ2) is 4.59. The molecule has 1 aliphatic rings. The Morgan fingerprint density at radius 2 is 2.07 bits per heavy atom. The number of phenols is 1. The maximum Gasteiger partial charge on any atom is 0.131 e. The predicted octanol–water partition coefficient (Wildman–Crippen LogP) is 1.36. The quantitative estimate of drug-likeness (QED) is 0.801. The van der Waals surface area contributed by atoms with E-state index in [1.54, 1.807) is 6.07 Å². The van der Waals surface area contributed by atoms with Crippen LogP contribution in [0.1, 0.15) is 5.56 Å². The van der Waals surface area contributed by atoms with Crippen molar-refractivity contribution in [2.24, 2.45) is 0 Å². The lowest BCUT2D eigenvalue weighted by molar-refractivity contribution is 0.0337. The number of halogens is 1. The highest BCUT2D eigenvalue weighted by Gasteiger charge is 2.12. The molecule has 82 valence electrons. The van der Waals surface area contributed by atoms with Crippen LogP contribution in [0.3, 0.4) is 0 Å². The summed E-state index contributed by atoms with van der Waals surface area (Å²) in [5, 5.41) is 9.07. The molecule has 1 aromatic rings. The Balaban J connectivity index is 2.03. The van der Waals surface area contributed by atoms with Crippen molar-refractivity contribution in [2.75, 3.05) is 26.3 Å². The molecule has 0 aromatic heterocycles. The predicted molar refractivity (Wildman–Crippen MR) is 54.2 cm³/mol. The molecule has 0 bridgehead atoms. The molecule has 0 saturated carbocycles. The molecule has 0 radical (unpaired) electrons. The molecule has 1 N–H and O–H groups in total. The summed E-state index contributed by atoms with van der Waals surface area (Å²) in [4.78, 5) is 2.14. The minimum atomic E-state index is -0.346. The molecule has 2 rings (SSSR count). The van der Waals surface area contributed by atoms with Crippen LogP contribution in [0, 0.1) is 5.82 Å². The molecular weight excluding hydrogens is 197 g/mol. The van der Waals surface area contributed by atoms with Crippen LogP contribution in [-0.2, 0) is 11.3 Å². The van der Waals surface area contributed by atoms with Crippen LogP contribution in [-0.4, -0.2) is 36.3 Å². The first-order chi connectivity index (χ1) is 7.25. The number of rotatable bonds is 2. The number of aromatic hydroxyl groups is 1. The van der Waals surface area contributed by atoms with Crippen LogP contribution < -0.4 is 0 Å². The number of nitrogens with zero attached hydrogens (tertiary/aromatic N) is 1. The van der Waals surface area contributed by atoms with E-state index in [9.17, 15) is 4.39 Å². The normalized spacial score (nSPS) is 17.9. The molecule has 0 aliphatic carbocycles. The molecule has 1 aliphatic heterocycles. The van der Waals surface area contributed by atoms with E-state index in [1.807, 2.05) is 0 Å². The first-order valence-electron chi connectivity index (χ1n) is 5.03. The van der Waals surface area contributed by atoms with E-state index in [4.69, 9.17) is 9.84 Å². The van der Waals surface area contributed by atoms with E-state index in [-0.39, 0.29) is 11.6 Å². The lowest BCUT2D eigenvalue weighted by Crippen LogP contribution is -2.35. The minimum Gasteiger partial charge on any atom is -0.508 e. The highest BCUT2D eigenvalue weighted by Crippen LogP contribution is 2.17. The second-order valence-corrected chi connectivity index (χ2v) is 3.66. The van der Waals surface area contributed by atoms with Crippen molar-refractivity contribution < 1.29 is 14.2 Å². The van der Waals surface area contributed by atoms with E-state index < -0.39 is 0 Å². The number of hydrogen-bond donors (Lipinski definition) is 1. The van der Waals surface area contributed by atoms with Gasteiger partial charge in [-0.1, -0.05) is 6.07 Å². The van der Waals surface area contributed by atoms with Gasteiger partial charge in [-0.25, -0.2) is 4.39 Å². The second-order valence-electron chi connectivity index (χ2n) is 3.66. The summed E-state index contributed by atoms with van der Waals surface area (Å²) in [6.07, 6.45) is 0. The molecule has 1 saturated heterocycles. The summed E-state index contributed by atoms with van der Waals surface area (Å²) in [5.74, 6) is -0.375. The third kappa shape index (κ3) is 2.67. The third-order valence-corrected chi connectivity index (χ3v) is 2.53. The van der Waals surface area contributed by atoms with Crippen LogP contribution in [0.25, 0.3) is 0 Å². The lowest BCUT2D eigenvalue weighted by Gasteiger charge is -2.26. The molecule has 0 spiro atoms. The third-order valence-electron chi connectivity index (χ3n) is 2.53. The SMILES string of the molecule is Oc1ccc(CN2CCOCC2)c(F)c1. The Bertz CT molecular complexity index is 337. The van der Waals surface area contributed by atoms with Gasteiger partial charge in [-0.2, -0.15) is 0 Å². The van der Waals surface area contributed by atoms with Crippen molar-refractivity contribution in [1.82, 2.24) is 4.90 Å². The zero-order valence-corrected chi connectivity index (χ0v) is 8.45. The van der Waals surface area contributed by atoms with Gasteiger partial charge < -0.3 is 9.84 Å². The van der Waals surface area contributed by atoms with Gasteiger partial charge in [0, 0.05) is 31.3 Å². The number of phenolic OH excluding ortho intramolecular Hbond substituents is 1. The van der Waals surface area contributed by atoms with Crippen molar-refractivity contribution >= 4 is 0 Å². The van der Waals surface area contributed by atoms with E-state index in [0.717, 1.165) is 19.2 Å². The van der Waals surface area contributed by atoms with Gasteiger partial charge in [0.2, 0.25) is 0 Å². The zero-order valence-electron chi connectivity index (χ0n) is 8.45.